The summed E-state index contributed by atoms with van der Waals surface area (Å²) in [6.07, 6.45) is 3.60. The van der Waals surface area contributed by atoms with Crippen LogP contribution in [0.4, 0.5) is 0 Å². The van der Waals surface area contributed by atoms with Gasteiger partial charge in [-0.1, -0.05) is 12.1 Å². The van der Waals surface area contributed by atoms with E-state index < -0.39 is 0 Å². The molecule has 0 aliphatic heterocycles. The van der Waals surface area contributed by atoms with Gasteiger partial charge in [-0.25, -0.2) is 0 Å². The predicted octanol–water partition coefficient (Wildman–Crippen LogP) is 6.47. The SMILES string of the molecule is [Pt+2].[c-]1c(Oc2[c-]c(-c3cc(-c4nc5ccccc5[se]4)ccn3)ccc2)cccc1-c1ccccn1. The second-order valence-electron chi connectivity index (χ2n) is 7.59. The summed E-state index contributed by atoms with van der Waals surface area (Å²) in [5.74, 6) is 1.22. The van der Waals surface area contributed by atoms with Crippen LogP contribution >= 0.6 is 0 Å². The average molecular weight is 698 g/mol. The Morgan fingerprint density at radius 3 is 2.11 bits per heavy atom. The monoisotopic (exact) mass is 698 g/mol. The summed E-state index contributed by atoms with van der Waals surface area (Å²) in [6.45, 7) is 0. The van der Waals surface area contributed by atoms with Crippen LogP contribution in [0.3, 0.4) is 0 Å². The van der Waals surface area contributed by atoms with Gasteiger partial charge in [-0.2, -0.15) is 0 Å². The fourth-order valence-electron chi connectivity index (χ4n) is 3.66. The molecule has 6 aromatic rings. The molecule has 0 saturated heterocycles. The van der Waals surface area contributed by atoms with Crippen molar-refractivity contribution in [3.63, 3.8) is 0 Å². The molecule has 6 heteroatoms. The van der Waals surface area contributed by atoms with E-state index in [4.69, 9.17) is 9.72 Å². The number of fused-ring (bicyclic) bond motifs is 1. The molecule has 3 heterocycles. The van der Waals surface area contributed by atoms with Gasteiger partial charge in [0.2, 0.25) is 0 Å². The van der Waals surface area contributed by atoms with Gasteiger partial charge in [0, 0.05) is 6.20 Å². The summed E-state index contributed by atoms with van der Waals surface area (Å²) in [5, 5.41) is 0. The minimum atomic E-state index is 0. The second kappa shape index (κ2) is 10.5. The zero-order valence-corrected chi connectivity index (χ0v) is 22.3. The van der Waals surface area contributed by atoms with Crippen molar-refractivity contribution in [3.05, 3.63) is 116 Å². The Balaban J connectivity index is 0.00000253. The van der Waals surface area contributed by atoms with E-state index in [9.17, 15) is 0 Å². The van der Waals surface area contributed by atoms with Crippen LogP contribution in [0.2, 0.25) is 0 Å². The number of pyridine rings is 2. The molecule has 6 rings (SSSR count). The summed E-state index contributed by atoms with van der Waals surface area (Å²) in [6, 6.07) is 36.5. The first-order valence-electron chi connectivity index (χ1n) is 10.8. The van der Waals surface area contributed by atoms with Gasteiger partial charge >= 0.3 is 195 Å². The van der Waals surface area contributed by atoms with Gasteiger partial charge in [-0.3, -0.25) is 0 Å². The zero-order chi connectivity index (χ0) is 22.7. The van der Waals surface area contributed by atoms with Crippen molar-refractivity contribution in [2.24, 2.45) is 0 Å². The second-order valence-corrected chi connectivity index (χ2v) is 9.75. The molecule has 3 aromatic carbocycles. The molecule has 0 radical (unpaired) electrons. The molecular weight excluding hydrogens is 680 g/mol. The molecule has 4 nitrogen and oxygen atoms in total. The Hall–Kier alpha value is -3.36. The van der Waals surface area contributed by atoms with Crippen molar-refractivity contribution in [1.29, 1.82) is 0 Å². The molecule has 0 aliphatic rings. The van der Waals surface area contributed by atoms with Gasteiger partial charge in [-0.05, 0) is 6.07 Å². The Morgan fingerprint density at radius 1 is 0.657 bits per heavy atom. The molecular formula is C29H17N3OPtSe. The van der Waals surface area contributed by atoms with Crippen molar-refractivity contribution in [3.8, 4) is 44.1 Å². The fourth-order valence-corrected chi connectivity index (χ4v) is 5.68. The maximum absolute atomic E-state index is 6.09. The van der Waals surface area contributed by atoms with Crippen molar-refractivity contribution >= 4 is 24.3 Å². The number of aromatic nitrogens is 3. The molecule has 0 unspecified atom stereocenters. The summed E-state index contributed by atoms with van der Waals surface area (Å²) in [7, 11) is 0. The van der Waals surface area contributed by atoms with E-state index >= 15 is 0 Å². The summed E-state index contributed by atoms with van der Waals surface area (Å²) < 4.78 is 8.52. The van der Waals surface area contributed by atoms with Gasteiger partial charge in [0.15, 0.2) is 0 Å². The molecule has 0 amide bonds. The van der Waals surface area contributed by atoms with E-state index in [1.54, 1.807) is 6.20 Å². The summed E-state index contributed by atoms with van der Waals surface area (Å²) in [5.41, 5.74) is 5.60. The average Bonchev–Trinajstić information content (AvgIpc) is 3.34. The van der Waals surface area contributed by atoms with Crippen molar-refractivity contribution in [1.82, 2.24) is 15.0 Å². The van der Waals surface area contributed by atoms with Crippen LogP contribution in [0, 0.1) is 12.1 Å². The fraction of sp³-hybridized carbons (Fsp3) is 0. The van der Waals surface area contributed by atoms with Crippen molar-refractivity contribution < 1.29 is 25.8 Å². The molecule has 0 N–H and O–H groups in total. The van der Waals surface area contributed by atoms with Crippen LogP contribution in [0.15, 0.2) is 103 Å². The number of hydrogen-bond acceptors (Lipinski definition) is 4. The normalized spacial score (nSPS) is 10.6. The van der Waals surface area contributed by atoms with Gasteiger partial charge in [0.05, 0.1) is 0 Å². The number of nitrogens with zero attached hydrogens (tertiary/aromatic N) is 3. The van der Waals surface area contributed by atoms with Gasteiger partial charge in [-0.15, -0.1) is 0 Å². The third kappa shape index (κ3) is 5.18. The minimum Gasteiger partial charge on any atom is -0.305 e. The topological polar surface area (TPSA) is 47.9 Å². The predicted molar refractivity (Wildman–Crippen MR) is 135 cm³/mol. The quantitative estimate of drug-likeness (QED) is 0.153. The number of para-hydroxylation sites is 1. The van der Waals surface area contributed by atoms with E-state index in [1.165, 1.54) is 4.26 Å². The number of rotatable bonds is 5. The van der Waals surface area contributed by atoms with Crippen molar-refractivity contribution in [2.75, 3.05) is 0 Å². The first-order valence-corrected chi connectivity index (χ1v) is 12.5. The maximum atomic E-state index is 6.09. The van der Waals surface area contributed by atoms with Crippen LogP contribution in [0.5, 0.6) is 11.5 Å². The number of hydrogen-bond donors (Lipinski definition) is 0. The third-order valence-electron chi connectivity index (χ3n) is 5.27. The molecule has 0 spiro atoms. The molecule has 0 aliphatic carbocycles. The van der Waals surface area contributed by atoms with Gasteiger partial charge in [0.25, 0.3) is 0 Å². The summed E-state index contributed by atoms with van der Waals surface area (Å²) >= 11 is 0.193. The molecule has 0 fully saturated rings. The molecule has 0 atom stereocenters. The van der Waals surface area contributed by atoms with E-state index in [2.05, 4.69) is 46.4 Å². The molecule has 35 heavy (non-hydrogen) atoms. The van der Waals surface area contributed by atoms with Gasteiger partial charge in [0.1, 0.15) is 0 Å². The third-order valence-corrected chi connectivity index (χ3v) is 7.55. The smallest absolute Gasteiger partial charge is 0.305 e. The Morgan fingerprint density at radius 2 is 1.37 bits per heavy atom. The zero-order valence-electron chi connectivity index (χ0n) is 18.3. The van der Waals surface area contributed by atoms with Crippen LogP contribution in [-0.2, 0) is 21.1 Å². The van der Waals surface area contributed by atoms with E-state index in [-0.39, 0.29) is 35.6 Å². The molecule has 0 saturated carbocycles. The molecule has 0 bridgehead atoms. The first-order chi connectivity index (χ1) is 16.8. The van der Waals surface area contributed by atoms with Crippen molar-refractivity contribution in [2.45, 2.75) is 0 Å². The Kier molecular flexibility index (Phi) is 7.01. The van der Waals surface area contributed by atoms with Crippen LogP contribution < -0.4 is 4.74 Å². The molecule has 3 aromatic heterocycles. The molecule has 170 valence electrons. The minimum absolute atomic E-state index is 0. The van der Waals surface area contributed by atoms with Crippen LogP contribution in [0.25, 0.3) is 42.4 Å². The van der Waals surface area contributed by atoms with E-state index in [1.807, 2.05) is 72.9 Å². The van der Waals surface area contributed by atoms with Crippen LogP contribution in [0.1, 0.15) is 0 Å². The van der Waals surface area contributed by atoms with Crippen LogP contribution in [-0.4, -0.2) is 29.5 Å². The van der Waals surface area contributed by atoms with E-state index in [0.717, 1.165) is 38.2 Å². The van der Waals surface area contributed by atoms with E-state index in [0.29, 0.717) is 11.5 Å². The standard InChI is InChI=1S/C29H17N3OSe.Pt/c1-2-13-28-26(12-1)32-29(34-28)22-14-16-31-27(19-22)21-8-6-10-24(18-21)33-23-9-5-7-20(17-23)25-11-3-4-15-30-25;/h1-16,19H;/q-2;+2. The number of ether oxygens (including phenoxy) is 1. The number of benzene rings is 3. The Labute approximate surface area is 223 Å². The van der Waals surface area contributed by atoms with Gasteiger partial charge < -0.3 is 4.98 Å². The summed E-state index contributed by atoms with van der Waals surface area (Å²) in [4.78, 5) is 13.8. The first kappa shape index (κ1) is 23.4. The Bertz CT molecular complexity index is 1570.